The van der Waals surface area contributed by atoms with Gasteiger partial charge in [-0.05, 0) is 52.8 Å². The van der Waals surface area contributed by atoms with E-state index in [1.165, 1.54) is 0 Å². The van der Waals surface area contributed by atoms with Crippen LogP contribution in [0.3, 0.4) is 0 Å². The summed E-state index contributed by atoms with van der Waals surface area (Å²) in [5, 5.41) is 3.13. The van der Waals surface area contributed by atoms with Gasteiger partial charge in [0.25, 0.3) is 0 Å². The minimum atomic E-state index is 0.261. The lowest BCUT2D eigenvalue weighted by molar-refractivity contribution is 1.41. The van der Waals surface area contributed by atoms with Gasteiger partial charge in [-0.3, -0.25) is 0 Å². The van der Waals surface area contributed by atoms with Crippen molar-refractivity contribution in [1.82, 2.24) is 0 Å². The Bertz CT molecular complexity index is 352. The highest BCUT2D eigenvalue weighted by molar-refractivity contribution is 9.11. The van der Waals surface area contributed by atoms with E-state index in [0.717, 1.165) is 20.2 Å². The van der Waals surface area contributed by atoms with Crippen molar-refractivity contribution in [3.05, 3.63) is 26.6 Å². The standard InChI is InChI=1S/C8H8Br2N2S/c1-4-2-6(10)7(3-5(4)9)12-8(11)13/h2-3H,1H3,(H3,11,12,13). The van der Waals surface area contributed by atoms with Crippen molar-refractivity contribution in [1.29, 1.82) is 0 Å². The molecule has 0 aliphatic heterocycles. The highest BCUT2D eigenvalue weighted by Crippen LogP contribution is 2.29. The molecule has 0 saturated heterocycles. The van der Waals surface area contributed by atoms with Crippen molar-refractivity contribution >= 4 is 54.9 Å². The van der Waals surface area contributed by atoms with Crippen LogP contribution in [0, 0.1) is 6.92 Å². The fraction of sp³-hybridized carbons (Fsp3) is 0.125. The number of thiocarbonyl (C=S) groups is 1. The molecule has 5 heteroatoms. The fourth-order valence-corrected chi connectivity index (χ4v) is 1.89. The first kappa shape index (κ1) is 10.9. The lowest BCUT2D eigenvalue weighted by Gasteiger charge is -2.08. The Morgan fingerprint density at radius 2 is 2.00 bits per heavy atom. The molecule has 1 aromatic carbocycles. The Morgan fingerprint density at radius 3 is 2.54 bits per heavy atom. The number of nitrogens with one attached hydrogen (secondary N) is 1. The zero-order chi connectivity index (χ0) is 10.0. The fourth-order valence-electron chi connectivity index (χ4n) is 0.875. The van der Waals surface area contributed by atoms with Gasteiger partial charge in [0.15, 0.2) is 5.11 Å². The van der Waals surface area contributed by atoms with Gasteiger partial charge in [-0.1, -0.05) is 15.9 Å². The summed E-state index contributed by atoms with van der Waals surface area (Å²) in [5.41, 5.74) is 7.38. The number of anilines is 1. The molecule has 13 heavy (non-hydrogen) atoms. The van der Waals surface area contributed by atoms with Crippen LogP contribution < -0.4 is 11.1 Å². The molecule has 0 bridgehead atoms. The van der Waals surface area contributed by atoms with Crippen LogP contribution in [0.25, 0.3) is 0 Å². The maximum Gasteiger partial charge on any atom is 0.168 e. The quantitative estimate of drug-likeness (QED) is 0.780. The summed E-state index contributed by atoms with van der Waals surface area (Å²) in [5.74, 6) is 0. The van der Waals surface area contributed by atoms with Gasteiger partial charge >= 0.3 is 0 Å². The number of halogens is 2. The molecule has 1 rings (SSSR count). The highest BCUT2D eigenvalue weighted by Gasteiger charge is 2.03. The predicted octanol–water partition coefficient (Wildman–Crippen LogP) is 3.18. The molecule has 0 aliphatic rings. The second-order valence-corrected chi connectivity index (χ2v) is 4.72. The average Bonchev–Trinajstić information content (AvgIpc) is 1.99. The molecule has 1 aromatic rings. The molecule has 0 spiro atoms. The van der Waals surface area contributed by atoms with Gasteiger partial charge in [0, 0.05) is 8.95 Å². The van der Waals surface area contributed by atoms with E-state index >= 15 is 0 Å². The Hall–Kier alpha value is -0.130. The smallest absolute Gasteiger partial charge is 0.168 e. The van der Waals surface area contributed by atoms with E-state index in [1.54, 1.807) is 0 Å². The van der Waals surface area contributed by atoms with E-state index in [0.29, 0.717) is 0 Å². The molecule has 0 fully saturated rings. The minimum absolute atomic E-state index is 0.261. The summed E-state index contributed by atoms with van der Waals surface area (Å²) >= 11 is 11.6. The monoisotopic (exact) mass is 322 g/mol. The van der Waals surface area contributed by atoms with Crippen molar-refractivity contribution in [2.45, 2.75) is 6.92 Å². The summed E-state index contributed by atoms with van der Waals surface area (Å²) < 4.78 is 1.97. The first-order chi connectivity index (χ1) is 6.00. The van der Waals surface area contributed by atoms with Gasteiger partial charge in [0.2, 0.25) is 0 Å². The van der Waals surface area contributed by atoms with E-state index in [-0.39, 0.29) is 5.11 Å². The van der Waals surface area contributed by atoms with Gasteiger partial charge in [-0.25, -0.2) is 0 Å². The number of hydrogen-bond donors (Lipinski definition) is 2. The van der Waals surface area contributed by atoms with E-state index < -0.39 is 0 Å². The SMILES string of the molecule is Cc1cc(Br)c(NC(N)=S)cc1Br. The number of rotatable bonds is 1. The molecular formula is C8H8Br2N2S. The molecule has 0 aromatic heterocycles. The van der Waals surface area contributed by atoms with Crippen molar-refractivity contribution in [2.24, 2.45) is 5.73 Å². The van der Waals surface area contributed by atoms with Gasteiger partial charge in [-0.2, -0.15) is 0 Å². The van der Waals surface area contributed by atoms with Crippen molar-refractivity contribution in [2.75, 3.05) is 5.32 Å². The second-order valence-electron chi connectivity index (χ2n) is 2.57. The first-order valence-electron chi connectivity index (χ1n) is 3.53. The Kier molecular flexibility index (Phi) is 3.70. The molecule has 0 atom stereocenters. The minimum Gasteiger partial charge on any atom is -0.376 e. The maximum atomic E-state index is 5.37. The molecule has 3 N–H and O–H groups in total. The van der Waals surface area contributed by atoms with Crippen LogP contribution in [0.4, 0.5) is 5.69 Å². The first-order valence-corrected chi connectivity index (χ1v) is 5.52. The Morgan fingerprint density at radius 1 is 1.38 bits per heavy atom. The zero-order valence-electron chi connectivity index (χ0n) is 6.90. The summed E-state index contributed by atoms with van der Waals surface area (Å²) in [6, 6.07) is 3.92. The molecular weight excluding hydrogens is 316 g/mol. The number of benzene rings is 1. The topological polar surface area (TPSA) is 38.0 Å². The van der Waals surface area contributed by atoms with Gasteiger partial charge in [0.05, 0.1) is 5.69 Å². The summed E-state index contributed by atoms with van der Waals surface area (Å²) in [7, 11) is 0. The third kappa shape index (κ3) is 2.93. The van der Waals surface area contributed by atoms with Gasteiger partial charge < -0.3 is 11.1 Å². The number of aryl methyl sites for hydroxylation is 1. The van der Waals surface area contributed by atoms with E-state index in [9.17, 15) is 0 Å². The second kappa shape index (κ2) is 4.39. The maximum absolute atomic E-state index is 5.37. The highest BCUT2D eigenvalue weighted by atomic mass is 79.9. The average molecular weight is 324 g/mol. The Labute approximate surface area is 99.1 Å². The summed E-state index contributed by atoms with van der Waals surface area (Å²) in [6.07, 6.45) is 0. The normalized spacial score (nSPS) is 9.77. The van der Waals surface area contributed by atoms with Crippen molar-refractivity contribution in [3.63, 3.8) is 0 Å². The van der Waals surface area contributed by atoms with E-state index in [4.69, 9.17) is 18.0 Å². The molecule has 0 heterocycles. The number of hydrogen-bond acceptors (Lipinski definition) is 1. The van der Waals surface area contributed by atoms with Crippen molar-refractivity contribution < 1.29 is 0 Å². The summed E-state index contributed by atoms with van der Waals surface area (Å²) in [4.78, 5) is 0. The van der Waals surface area contributed by atoms with Crippen molar-refractivity contribution in [3.8, 4) is 0 Å². The molecule has 0 saturated carbocycles. The number of nitrogens with two attached hydrogens (primary N) is 1. The zero-order valence-corrected chi connectivity index (χ0v) is 10.9. The van der Waals surface area contributed by atoms with E-state index in [1.807, 2.05) is 19.1 Å². The van der Waals surface area contributed by atoms with Crippen LogP contribution >= 0.6 is 44.1 Å². The van der Waals surface area contributed by atoms with Gasteiger partial charge in [0.1, 0.15) is 0 Å². The molecule has 0 radical (unpaired) electrons. The van der Waals surface area contributed by atoms with Gasteiger partial charge in [-0.15, -0.1) is 0 Å². The van der Waals surface area contributed by atoms with Crippen LogP contribution in [0.2, 0.25) is 0 Å². The molecule has 0 unspecified atom stereocenters. The van der Waals surface area contributed by atoms with Crippen LogP contribution in [-0.4, -0.2) is 5.11 Å². The molecule has 0 aliphatic carbocycles. The van der Waals surface area contributed by atoms with E-state index in [2.05, 4.69) is 37.2 Å². The lowest BCUT2D eigenvalue weighted by Crippen LogP contribution is -2.19. The largest absolute Gasteiger partial charge is 0.376 e. The Balaban J connectivity index is 3.08. The lowest BCUT2D eigenvalue weighted by atomic mass is 10.2. The van der Waals surface area contributed by atoms with Crippen LogP contribution in [0.5, 0.6) is 0 Å². The van der Waals surface area contributed by atoms with Crippen LogP contribution in [0.1, 0.15) is 5.56 Å². The summed E-state index contributed by atoms with van der Waals surface area (Å²) in [6.45, 7) is 2.01. The molecule has 70 valence electrons. The molecule has 0 amide bonds. The van der Waals surface area contributed by atoms with Crippen LogP contribution in [0.15, 0.2) is 21.1 Å². The third-order valence-electron chi connectivity index (χ3n) is 1.51. The predicted molar refractivity (Wildman–Crippen MR) is 67.0 cm³/mol. The third-order valence-corrected chi connectivity index (χ3v) is 3.12. The van der Waals surface area contributed by atoms with Crippen LogP contribution in [-0.2, 0) is 0 Å². The molecule has 2 nitrogen and oxygen atoms in total.